The van der Waals surface area contributed by atoms with Crippen LogP contribution < -0.4 is 0 Å². The number of hydrogen-bond acceptors (Lipinski definition) is 2. The number of epoxide rings is 1. The second-order valence-corrected chi connectivity index (χ2v) is 2.34. The lowest BCUT2D eigenvalue weighted by molar-refractivity contribution is 0.115. The Kier molecular flexibility index (Phi) is 3.28. The van der Waals surface area contributed by atoms with E-state index in [0.29, 0.717) is 6.10 Å². The molecule has 0 aromatic rings. The van der Waals surface area contributed by atoms with Gasteiger partial charge in [0, 0.05) is 13.0 Å². The molecule has 1 fully saturated rings. The molecule has 1 saturated heterocycles. The maximum atomic E-state index is 5.24. The average molecular weight is 140 g/mol. The van der Waals surface area contributed by atoms with Gasteiger partial charge in [0.25, 0.3) is 0 Å². The number of terminal acetylenes is 1. The Morgan fingerprint density at radius 1 is 1.70 bits per heavy atom. The molecule has 0 N–H and O–H groups in total. The second-order valence-electron chi connectivity index (χ2n) is 2.34. The summed E-state index contributed by atoms with van der Waals surface area (Å²) in [7, 11) is 0. The van der Waals surface area contributed by atoms with Crippen molar-refractivity contribution in [1.29, 1.82) is 0 Å². The first-order valence-corrected chi connectivity index (χ1v) is 3.56. The normalized spacial score (nSPS) is 22.1. The summed E-state index contributed by atoms with van der Waals surface area (Å²) in [6.45, 7) is 2.38. The van der Waals surface area contributed by atoms with Crippen LogP contribution in [-0.4, -0.2) is 25.9 Å². The van der Waals surface area contributed by atoms with Crippen molar-refractivity contribution >= 4 is 0 Å². The molecule has 1 atom stereocenters. The predicted molar refractivity (Wildman–Crippen MR) is 38.6 cm³/mol. The van der Waals surface area contributed by atoms with Crippen LogP contribution in [0.15, 0.2) is 0 Å². The molecule has 1 aliphatic rings. The van der Waals surface area contributed by atoms with Crippen LogP contribution in [0.2, 0.25) is 0 Å². The van der Waals surface area contributed by atoms with Gasteiger partial charge in [0.2, 0.25) is 0 Å². The Morgan fingerprint density at radius 3 is 3.10 bits per heavy atom. The van der Waals surface area contributed by atoms with Crippen LogP contribution in [0.3, 0.4) is 0 Å². The molecule has 1 heterocycles. The number of ether oxygens (including phenoxy) is 2. The molecule has 2 nitrogen and oxygen atoms in total. The summed E-state index contributed by atoms with van der Waals surface area (Å²) < 4.78 is 10.2. The molecule has 0 aromatic heterocycles. The van der Waals surface area contributed by atoms with Gasteiger partial charge in [-0.1, -0.05) is 0 Å². The smallest absolute Gasteiger partial charge is 0.104 e. The molecule has 0 aliphatic carbocycles. The van der Waals surface area contributed by atoms with Gasteiger partial charge in [-0.25, -0.2) is 0 Å². The molecule has 0 saturated carbocycles. The topological polar surface area (TPSA) is 21.8 Å². The third kappa shape index (κ3) is 3.49. The zero-order valence-electron chi connectivity index (χ0n) is 6.01. The van der Waals surface area contributed by atoms with E-state index >= 15 is 0 Å². The summed E-state index contributed by atoms with van der Waals surface area (Å²) >= 11 is 0. The van der Waals surface area contributed by atoms with E-state index in [1.807, 2.05) is 0 Å². The highest BCUT2D eigenvalue weighted by atomic mass is 16.6. The average Bonchev–Trinajstić information content (AvgIpc) is 2.71. The van der Waals surface area contributed by atoms with E-state index in [0.717, 1.165) is 32.7 Å². The van der Waals surface area contributed by atoms with Crippen molar-refractivity contribution in [3.8, 4) is 12.3 Å². The quantitative estimate of drug-likeness (QED) is 0.320. The molecule has 2 heteroatoms. The highest BCUT2D eigenvalue weighted by molar-refractivity contribution is 4.82. The van der Waals surface area contributed by atoms with Gasteiger partial charge in [-0.05, 0) is 6.42 Å². The van der Waals surface area contributed by atoms with Crippen molar-refractivity contribution in [2.24, 2.45) is 0 Å². The van der Waals surface area contributed by atoms with Gasteiger partial charge in [0.15, 0.2) is 0 Å². The molecular weight excluding hydrogens is 128 g/mol. The van der Waals surface area contributed by atoms with Gasteiger partial charge in [0.05, 0.1) is 13.2 Å². The lowest BCUT2D eigenvalue weighted by Crippen LogP contribution is -2.02. The Morgan fingerprint density at radius 2 is 2.50 bits per heavy atom. The van der Waals surface area contributed by atoms with Gasteiger partial charge < -0.3 is 9.47 Å². The molecule has 1 aliphatic heterocycles. The van der Waals surface area contributed by atoms with Crippen LogP contribution in [0.25, 0.3) is 0 Å². The Labute approximate surface area is 61.5 Å². The van der Waals surface area contributed by atoms with Crippen molar-refractivity contribution in [3.63, 3.8) is 0 Å². The maximum absolute atomic E-state index is 5.24. The van der Waals surface area contributed by atoms with E-state index < -0.39 is 0 Å². The van der Waals surface area contributed by atoms with Gasteiger partial charge >= 0.3 is 0 Å². The first-order valence-electron chi connectivity index (χ1n) is 3.56. The Balaban J connectivity index is 1.73. The van der Waals surface area contributed by atoms with Crippen LogP contribution in [0, 0.1) is 12.3 Å². The molecule has 0 radical (unpaired) electrons. The number of hydrogen-bond donors (Lipinski definition) is 0. The van der Waals surface area contributed by atoms with Crippen molar-refractivity contribution in [1.82, 2.24) is 0 Å². The fraction of sp³-hybridized carbons (Fsp3) is 0.750. The summed E-state index contributed by atoms with van der Waals surface area (Å²) in [6, 6.07) is 0. The Hall–Kier alpha value is -0.520. The van der Waals surface area contributed by atoms with Crippen LogP contribution in [0.5, 0.6) is 0 Å². The third-order valence-electron chi connectivity index (χ3n) is 1.32. The monoisotopic (exact) mass is 140 g/mol. The second kappa shape index (κ2) is 4.32. The summed E-state index contributed by atoms with van der Waals surface area (Å²) in [4.78, 5) is 0. The van der Waals surface area contributed by atoms with Crippen molar-refractivity contribution in [2.75, 3.05) is 19.8 Å². The fourth-order valence-corrected chi connectivity index (χ4v) is 0.655. The zero-order chi connectivity index (χ0) is 7.23. The van der Waals surface area contributed by atoms with Crippen molar-refractivity contribution in [2.45, 2.75) is 18.9 Å². The van der Waals surface area contributed by atoms with E-state index in [4.69, 9.17) is 15.9 Å². The highest BCUT2D eigenvalue weighted by Crippen LogP contribution is 2.08. The molecule has 1 unspecified atom stereocenters. The van der Waals surface area contributed by atoms with Crippen LogP contribution >= 0.6 is 0 Å². The van der Waals surface area contributed by atoms with E-state index in [1.54, 1.807) is 0 Å². The number of rotatable bonds is 5. The third-order valence-corrected chi connectivity index (χ3v) is 1.32. The van der Waals surface area contributed by atoms with Gasteiger partial charge in [-0.3, -0.25) is 0 Å². The first kappa shape index (κ1) is 7.59. The van der Waals surface area contributed by atoms with Gasteiger partial charge in [-0.2, -0.15) is 0 Å². The SMILES string of the molecule is C#CCCCOCC1CO1. The van der Waals surface area contributed by atoms with Gasteiger partial charge in [0.1, 0.15) is 6.10 Å². The standard InChI is InChI=1S/C8H12O2/c1-2-3-4-5-9-6-8-7-10-8/h1,8H,3-7H2. The summed E-state index contributed by atoms with van der Waals surface area (Å²) in [5, 5.41) is 0. The molecule has 0 amide bonds. The van der Waals surface area contributed by atoms with Crippen LogP contribution in [-0.2, 0) is 9.47 Å². The zero-order valence-corrected chi connectivity index (χ0v) is 6.01. The molecule has 56 valence electrons. The van der Waals surface area contributed by atoms with Crippen molar-refractivity contribution < 1.29 is 9.47 Å². The first-order chi connectivity index (χ1) is 4.93. The molecule has 10 heavy (non-hydrogen) atoms. The van der Waals surface area contributed by atoms with Crippen molar-refractivity contribution in [3.05, 3.63) is 0 Å². The summed E-state index contributed by atoms with van der Waals surface area (Å²) in [5.74, 6) is 2.56. The minimum Gasteiger partial charge on any atom is -0.379 e. The Bertz CT molecular complexity index is 122. The van der Waals surface area contributed by atoms with E-state index in [-0.39, 0.29) is 0 Å². The maximum Gasteiger partial charge on any atom is 0.104 e. The molecule has 0 spiro atoms. The number of unbranched alkanes of at least 4 members (excludes halogenated alkanes) is 1. The fourth-order valence-electron chi connectivity index (χ4n) is 0.655. The van der Waals surface area contributed by atoms with Crippen LogP contribution in [0.4, 0.5) is 0 Å². The lowest BCUT2D eigenvalue weighted by atomic mass is 10.3. The van der Waals surface area contributed by atoms with Gasteiger partial charge in [-0.15, -0.1) is 12.3 Å². The largest absolute Gasteiger partial charge is 0.379 e. The molecule has 0 aromatic carbocycles. The molecular formula is C8H12O2. The lowest BCUT2D eigenvalue weighted by Gasteiger charge is -1.97. The highest BCUT2D eigenvalue weighted by Gasteiger charge is 2.21. The summed E-state index contributed by atoms with van der Waals surface area (Å²) in [5.41, 5.74) is 0. The molecule has 0 bridgehead atoms. The predicted octanol–water partition coefficient (Wildman–Crippen LogP) is 0.815. The van der Waals surface area contributed by atoms with E-state index in [2.05, 4.69) is 5.92 Å². The van der Waals surface area contributed by atoms with E-state index in [1.165, 1.54) is 0 Å². The van der Waals surface area contributed by atoms with Crippen LogP contribution in [0.1, 0.15) is 12.8 Å². The minimum atomic E-state index is 0.380. The minimum absolute atomic E-state index is 0.380. The molecule has 1 rings (SSSR count). The van der Waals surface area contributed by atoms with E-state index in [9.17, 15) is 0 Å². The summed E-state index contributed by atoms with van der Waals surface area (Å²) in [6.07, 6.45) is 7.21.